The Morgan fingerprint density at radius 3 is 2.83 bits per heavy atom. The molecule has 0 aromatic carbocycles. The number of hydrogen-bond donors (Lipinski definition) is 0. The van der Waals surface area contributed by atoms with Crippen molar-refractivity contribution in [2.45, 2.75) is 18.2 Å². The van der Waals surface area contributed by atoms with E-state index in [4.69, 9.17) is 0 Å². The van der Waals surface area contributed by atoms with E-state index in [1.165, 1.54) is 31.5 Å². The van der Waals surface area contributed by atoms with E-state index in [1.54, 1.807) is 0 Å². The molecular formula is C14H22BrN3. The van der Waals surface area contributed by atoms with Gasteiger partial charge in [0.05, 0.1) is 0 Å². The minimum Gasteiger partial charge on any atom is -0.359 e. The average Bonchev–Trinajstić information content (AvgIpc) is 2.41. The topological polar surface area (TPSA) is 19.4 Å². The minimum atomic E-state index is 0.802. The number of anilines is 1. The van der Waals surface area contributed by atoms with E-state index in [1.807, 2.05) is 12.3 Å². The predicted molar refractivity (Wildman–Crippen MR) is 80.4 cm³/mol. The van der Waals surface area contributed by atoms with Crippen LogP contribution in [-0.2, 0) is 5.33 Å². The molecule has 0 unspecified atom stereocenters. The first-order chi connectivity index (χ1) is 8.70. The van der Waals surface area contributed by atoms with Crippen LogP contribution < -0.4 is 4.90 Å². The van der Waals surface area contributed by atoms with Gasteiger partial charge in [-0.25, -0.2) is 4.98 Å². The van der Waals surface area contributed by atoms with Gasteiger partial charge in [-0.3, -0.25) is 0 Å². The van der Waals surface area contributed by atoms with Crippen molar-refractivity contribution in [3.63, 3.8) is 0 Å². The lowest BCUT2D eigenvalue weighted by Gasteiger charge is -2.32. The third-order valence-electron chi connectivity index (χ3n) is 3.74. The summed E-state index contributed by atoms with van der Waals surface area (Å²) in [6, 6.07) is 4.14. The number of likely N-dealkylation sites (tertiary alicyclic amines) is 1. The highest BCUT2D eigenvalue weighted by Crippen LogP contribution is 2.22. The fourth-order valence-electron chi connectivity index (χ4n) is 2.60. The monoisotopic (exact) mass is 311 g/mol. The van der Waals surface area contributed by atoms with Crippen molar-refractivity contribution in [2.75, 3.05) is 38.6 Å². The van der Waals surface area contributed by atoms with Gasteiger partial charge in [0, 0.05) is 30.7 Å². The molecule has 0 N–H and O–H groups in total. The van der Waals surface area contributed by atoms with Gasteiger partial charge < -0.3 is 9.80 Å². The zero-order valence-electron chi connectivity index (χ0n) is 11.3. The van der Waals surface area contributed by atoms with Crippen LogP contribution in [0.1, 0.15) is 18.4 Å². The van der Waals surface area contributed by atoms with Gasteiger partial charge in [0.15, 0.2) is 0 Å². The van der Waals surface area contributed by atoms with Crippen molar-refractivity contribution in [3.05, 3.63) is 23.9 Å². The van der Waals surface area contributed by atoms with Crippen LogP contribution in [0.4, 0.5) is 5.82 Å². The van der Waals surface area contributed by atoms with Gasteiger partial charge in [0.25, 0.3) is 0 Å². The van der Waals surface area contributed by atoms with Gasteiger partial charge in [0.2, 0.25) is 0 Å². The second-order valence-corrected chi connectivity index (χ2v) is 5.81. The maximum Gasteiger partial charge on any atom is 0.132 e. The van der Waals surface area contributed by atoms with Crippen LogP contribution in [0.5, 0.6) is 0 Å². The Hall–Kier alpha value is -0.610. The molecule has 0 spiro atoms. The Morgan fingerprint density at radius 1 is 1.44 bits per heavy atom. The van der Waals surface area contributed by atoms with Gasteiger partial charge >= 0.3 is 0 Å². The Labute approximate surface area is 118 Å². The molecule has 0 amide bonds. The summed E-state index contributed by atoms with van der Waals surface area (Å²) in [6.07, 6.45) is 4.49. The van der Waals surface area contributed by atoms with Crippen molar-refractivity contribution < 1.29 is 0 Å². The summed E-state index contributed by atoms with van der Waals surface area (Å²) in [5, 5.41) is 0.869. The number of nitrogens with zero attached hydrogens (tertiary/aromatic N) is 3. The molecule has 2 heterocycles. The SMILES string of the molecule is CN1CCC(CN(C)c2ncccc2CBr)CC1. The second kappa shape index (κ2) is 6.53. The lowest BCUT2D eigenvalue weighted by atomic mass is 9.96. The lowest BCUT2D eigenvalue weighted by Crippen LogP contribution is -2.36. The zero-order chi connectivity index (χ0) is 13.0. The van der Waals surface area contributed by atoms with Crippen molar-refractivity contribution in [3.8, 4) is 0 Å². The van der Waals surface area contributed by atoms with Crippen LogP contribution in [0.25, 0.3) is 0 Å². The molecule has 0 atom stereocenters. The number of hydrogen-bond acceptors (Lipinski definition) is 3. The number of rotatable bonds is 4. The van der Waals surface area contributed by atoms with E-state index < -0.39 is 0 Å². The number of halogens is 1. The van der Waals surface area contributed by atoms with E-state index in [2.05, 4.69) is 50.9 Å². The molecule has 100 valence electrons. The van der Waals surface area contributed by atoms with Crippen molar-refractivity contribution >= 4 is 21.7 Å². The van der Waals surface area contributed by atoms with Gasteiger partial charge in [-0.05, 0) is 45.0 Å². The first kappa shape index (κ1) is 13.8. The molecule has 4 heteroatoms. The predicted octanol–water partition coefficient (Wildman–Crippen LogP) is 2.75. The highest BCUT2D eigenvalue weighted by molar-refractivity contribution is 9.08. The molecule has 1 aliphatic rings. The Bertz CT molecular complexity index is 375. The molecule has 1 aromatic heterocycles. The molecular weight excluding hydrogens is 290 g/mol. The van der Waals surface area contributed by atoms with Crippen molar-refractivity contribution in [1.29, 1.82) is 0 Å². The van der Waals surface area contributed by atoms with E-state index in [-0.39, 0.29) is 0 Å². The van der Waals surface area contributed by atoms with E-state index in [0.717, 1.165) is 23.6 Å². The molecule has 2 rings (SSSR count). The second-order valence-electron chi connectivity index (χ2n) is 5.25. The molecule has 0 aliphatic carbocycles. The van der Waals surface area contributed by atoms with E-state index in [0.29, 0.717) is 0 Å². The van der Waals surface area contributed by atoms with Crippen LogP contribution in [0.15, 0.2) is 18.3 Å². The quantitative estimate of drug-likeness (QED) is 0.797. The smallest absolute Gasteiger partial charge is 0.132 e. The highest BCUT2D eigenvalue weighted by Gasteiger charge is 2.19. The van der Waals surface area contributed by atoms with E-state index in [9.17, 15) is 0 Å². The van der Waals surface area contributed by atoms with Gasteiger partial charge in [-0.2, -0.15) is 0 Å². The Balaban J connectivity index is 1.96. The molecule has 0 bridgehead atoms. The van der Waals surface area contributed by atoms with Crippen LogP contribution in [0.3, 0.4) is 0 Å². The number of pyridine rings is 1. The Kier molecular flexibility index (Phi) is 5.01. The fraction of sp³-hybridized carbons (Fsp3) is 0.643. The van der Waals surface area contributed by atoms with Crippen LogP contribution in [0.2, 0.25) is 0 Å². The summed E-state index contributed by atoms with van der Waals surface area (Å²) < 4.78 is 0. The number of alkyl halides is 1. The van der Waals surface area contributed by atoms with Crippen molar-refractivity contribution in [2.24, 2.45) is 5.92 Å². The zero-order valence-corrected chi connectivity index (χ0v) is 12.9. The minimum absolute atomic E-state index is 0.802. The van der Waals surface area contributed by atoms with Crippen molar-refractivity contribution in [1.82, 2.24) is 9.88 Å². The molecule has 0 saturated carbocycles. The largest absolute Gasteiger partial charge is 0.359 e. The number of aromatic nitrogens is 1. The molecule has 1 aliphatic heterocycles. The summed E-state index contributed by atoms with van der Waals surface area (Å²) in [6.45, 7) is 3.57. The summed E-state index contributed by atoms with van der Waals surface area (Å²) in [5.74, 6) is 1.92. The molecule has 1 saturated heterocycles. The van der Waals surface area contributed by atoms with Crippen LogP contribution >= 0.6 is 15.9 Å². The summed E-state index contributed by atoms with van der Waals surface area (Å²) >= 11 is 3.54. The van der Waals surface area contributed by atoms with E-state index >= 15 is 0 Å². The molecule has 18 heavy (non-hydrogen) atoms. The average molecular weight is 312 g/mol. The van der Waals surface area contributed by atoms with Crippen LogP contribution in [0, 0.1) is 5.92 Å². The molecule has 3 nitrogen and oxygen atoms in total. The maximum atomic E-state index is 4.52. The van der Waals surface area contributed by atoms with Gasteiger partial charge in [-0.15, -0.1) is 0 Å². The van der Waals surface area contributed by atoms with Crippen LogP contribution in [-0.4, -0.2) is 43.6 Å². The fourth-order valence-corrected chi connectivity index (χ4v) is 3.03. The molecule has 0 radical (unpaired) electrons. The Morgan fingerprint density at radius 2 is 2.17 bits per heavy atom. The van der Waals surface area contributed by atoms with Gasteiger partial charge in [0.1, 0.15) is 5.82 Å². The third kappa shape index (κ3) is 3.45. The normalized spacial score (nSPS) is 17.9. The standard InChI is InChI=1S/C14H22BrN3/c1-17-8-5-12(6-9-17)11-18(2)14-13(10-15)4-3-7-16-14/h3-4,7,12H,5-6,8-11H2,1-2H3. The first-order valence-corrected chi connectivity index (χ1v) is 7.72. The highest BCUT2D eigenvalue weighted by atomic mass is 79.9. The van der Waals surface area contributed by atoms with Gasteiger partial charge in [-0.1, -0.05) is 22.0 Å². The molecule has 1 fully saturated rings. The third-order valence-corrected chi connectivity index (χ3v) is 4.35. The molecule has 1 aromatic rings. The maximum absolute atomic E-state index is 4.52. The first-order valence-electron chi connectivity index (χ1n) is 6.60. The summed E-state index contributed by atoms with van der Waals surface area (Å²) in [5.41, 5.74) is 1.27. The summed E-state index contributed by atoms with van der Waals surface area (Å²) in [7, 11) is 4.37. The summed E-state index contributed by atoms with van der Waals surface area (Å²) in [4.78, 5) is 9.25. The number of piperidine rings is 1. The lowest BCUT2D eigenvalue weighted by molar-refractivity contribution is 0.222.